The van der Waals surface area contributed by atoms with Crippen LogP contribution in [0.1, 0.15) is 31.8 Å². The van der Waals surface area contributed by atoms with Gasteiger partial charge in [-0.25, -0.2) is 0 Å². The summed E-state index contributed by atoms with van der Waals surface area (Å²) in [5.74, 6) is 0.320. The Morgan fingerprint density at radius 2 is 1.34 bits per heavy atom. The standard InChI is InChI=1S/C28H23NO3/c1-32-28-12-11-24(19-25(28)27(31)18-21-13-15-29-16-14-21)26(30)17-20-7-9-23(10-8-20)22-5-3-2-4-6-22/h2-16,19H,17-18H2,1H3. The number of aromatic nitrogens is 1. The second-order valence-corrected chi connectivity index (χ2v) is 7.53. The molecule has 158 valence electrons. The number of Topliss-reactive ketones (excluding diaryl/α,β-unsaturated/α-hetero) is 2. The summed E-state index contributed by atoms with van der Waals surface area (Å²) in [6.45, 7) is 0. The quantitative estimate of drug-likeness (QED) is 0.347. The number of ketones is 2. The maximum atomic E-state index is 12.9. The average Bonchev–Trinajstić information content (AvgIpc) is 2.85. The predicted octanol–water partition coefficient (Wildman–Crippen LogP) is 5.61. The van der Waals surface area contributed by atoms with E-state index in [2.05, 4.69) is 17.1 Å². The van der Waals surface area contributed by atoms with Gasteiger partial charge < -0.3 is 4.74 Å². The molecule has 0 atom stereocenters. The number of benzene rings is 3. The first-order valence-electron chi connectivity index (χ1n) is 10.4. The molecule has 0 radical (unpaired) electrons. The molecule has 4 nitrogen and oxygen atoms in total. The average molecular weight is 421 g/mol. The first-order chi connectivity index (χ1) is 15.6. The van der Waals surface area contributed by atoms with Gasteiger partial charge in [0, 0.05) is 30.8 Å². The molecule has 0 saturated heterocycles. The topological polar surface area (TPSA) is 56.3 Å². The molecule has 0 aliphatic carbocycles. The number of nitrogens with zero attached hydrogens (tertiary/aromatic N) is 1. The summed E-state index contributed by atoms with van der Waals surface area (Å²) >= 11 is 0. The Labute approximate surface area is 187 Å². The molecule has 0 spiro atoms. The zero-order valence-corrected chi connectivity index (χ0v) is 17.8. The third kappa shape index (κ3) is 4.98. The minimum atomic E-state index is -0.102. The molecule has 0 saturated carbocycles. The second-order valence-electron chi connectivity index (χ2n) is 7.53. The van der Waals surface area contributed by atoms with Crippen LogP contribution in [0.3, 0.4) is 0 Å². The fourth-order valence-electron chi connectivity index (χ4n) is 3.61. The number of rotatable bonds is 8. The Morgan fingerprint density at radius 3 is 2.03 bits per heavy atom. The number of hydrogen-bond acceptors (Lipinski definition) is 4. The molecule has 4 heteroatoms. The zero-order valence-electron chi connectivity index (χ0n) is 17.8. The summed E-state index contributed by atoms with van der Waals surface area (Å²) in [6.07, 6.45) is 3.79. The number of hydrogen-bond donors (Lipinski definition) is 0. The third-order valence-corrected chi connectivity index (χ3v) is 5.36. The Balaban J connectivity index is 1.51. The molecule has 0 N–H and O–H groups in total. The van der Waals surface area contributed by atoms with Crippen molar-refractivity contribution in [1.82, 2.24) is 4.98 Å². The normalized spacial score (nSPS) is 10.5. The van der Waals surface area contributed by atoms with Crippen molar-refractivity contribution in [2.75, 3.05) is 7.11 Å². The van der Waals surface area contributed by atoms with Gasteiger partial charge >= 0.3 is 0 Å². The molecule has 4 aromatic rings. The number of ether oxygens (including phenoxy) is 1. The molecule has 4 rings (SSSR count). The molecule has 1 aromatic heterocycles. The molecular weight excluding hydrogens is 398 g/mol. The smallest absolute Gasteiger partial charge is 0.170 e. The van der Waals surface area contributed by atoms with Crippen LogP contribution >= 0.6 is 0 Å². The molecular formula is C28H23NO3. The van der Waals surface area contributed by atoms with Crippen LogP contribution in [0, 0.1) is 0 Å². The van der Waals surface area contributed by atoms with E-state index in [1.807, 2.05) is 42.5 Å². The van der Waals surface area contributed by atoms with Gasteiger partial charge in [0.25, 0.3) is 0 Å². The maximum absolute atomic E-state index is 12.9. The van der Waals surface area contributed by atoms with E-state index >= 15 is 0 Å². The van der Waals surface area contributed by atoms with Crippen LogP contribution < -0.4 is 4.74 Å². The number of carbonyl (C=O) groups excluding carboxylic acids is 2. The minimum Gasteiger partial charge on any atom is -0.496 e. The van der Waals surface area contributed by atoms with Crippen molar-refractivity contribution in [3.05, 3.63) is 120 Å². The zero-order chi connectivity index (χ0) is 22.3. The minimum absolute atomic E-state index is 0.0434. The monoisotopic (exact) mass is 421 g/mol. The van der Waals surface area contributed by atoms with Crippen LogP contribution in [0.5, 0.6) is 5.75 Å². The van der Waals surface area contributed by atoms with Crippen LogP contribution in [0.25, 0.3) is 11.1 Å². The largest absolute Gasteiger partial charge is 0.496 e. The van der Waals surface area contributed by atoms with Crippen molar-refractivity contribution in [3.63, 3.8) is 0 Å². The summed E-state index contributed by atoms with van der Waals surface area (Å²) in [5.41, 5.74) is 4.94. The van der Waals surface area contributed by atoms with Gasteiger partial charge in [0.2, 0.25) is 0 Å². The molecule has 3 aromatic carbocycles. The van der Waals surface area contributed by atoms with Gasteiger partial charge in [-0.05, 0) is 52.6 Å². The van der Waals surface area contributed by atoms with E-state index in [1.165, 1.54) is 7.11 Å². The second kappa shape index (κ2) is 9.84. The number of carbonyl (C=O) groups is 2. The van der Waals surface area contributed by atoms with E-state index in [9.17, 15) is 9.59 Å². The summed E-state index contributed by atoms with van der Waals surface area (Å²) in [4.78, 5) is 29.8. The Hall–Kier alpha value is -4.05. The van der Waals surface area contributed by atoms with E-state index in [4.69, 9.17) is 4.74 Å². The number of methoxy groups -OCH3 is 1. The highest BCUT2D eigenvalue weighted by Crippen LogP contribution is 2.24. The van der Waals surface area contributed by atoms with Gasteiger partial charge in [-0.2, -0.15) is 0 Å². The Kier molecular flexibility index (Phi) is 6.52. The lowest BCUT2D eigenvalue weighted by Gasteiger charge is -2.10. The first kappa shape index (κ1) is 21.2. The van der Waals surface area contributed by atoms with Crippen LogP contribution in [0.15, 0.2) is 97.3 Å². The van der Waals surface area contributed by atoms with Gasteiger partial charge in [0.05, 0.1) is 12.7 Å². The highest BCUT2D eigenvalue weighted by atomic mass is 16.5. The molecule has 0 amide bonds. The maximum Gasteiger partial charge on any atom is 0.170 e. The molecule has 0 aliphatic rings. The van der Waals surface area contributed by atoms with Crippen LogP contribution in [0.2, 0.25) is 0 Å². The summed E-state index contributed by atoms with van der Waals surface area (Å²) in [5, 5.41) is 0. The lowest BCUT2D eigenvalue weighted by atomic mass is 9.96. The van der Waals surface area contributed by atoms with Crippen molar-refractivity contribution in [3.8, 4) is 16.9 Å². The van der Waals surface area contributed by atoms with E-state index in [0.717, 1.165) is 22.3 Å². The van der Waals surface area contributed by atoms with Gasteiger partial charge in [-0.1, -0.05) is 54.6 Å². The fraction of sp³-hybridized carbons (Fsp3) is 0.107. The SMILES string of the molecule is COc1ccc(C(=O)Cc2ccc(-c3ccccc3)cc2)cc1C(=O)Cc1ccncc1. The molecule has 32 heavy (non-hydrogen) atoms. The van der Waals surface area contributed by atoms with Crippen molar-refractivity contribution in [2.45, 2.75) is 12.8 Å². The van der Waals surface area contributed by atoms with Gasteiger partial charge in [0.1, 0.15) is 5.75 Å². The van der Waals surface area contributed by atoms with Gasteiger partial charge in [-0.3, -0.25) is 14.6 Å². The summed E-state index contributed by atoms with van der Waals surface area (Å²) in [7, 11) is 1.52. The summed E-state index contributed by atoms with van der Waals surface area (Å²) in [6, 6.07) is 26.7. The fourth-order valence-corrected chi connectivity index (χ4v) is 3.61. The molecule has 0 fully saturated rings. The van der Waals surface area contributed by atoms with Crippen molar-refractivity contribution in [1.29, 1.82) is 0 Å². The number of pyridine rings is 1. The third-order valence-electron chi connectivity index (χ3n) is 5.36. The highest BCUT2D eigenvalue weighted by molar-refractivity contribution is 6.04. The van der Waals surface area contributed by atoms with Gasteiger partial charge in [0.15, 0.2) is 11.6 Å². The van der Waals surface area contributed by atoms with Crippen molar-refractivity contribution >= 4 is 11.6 Å². The lowest BCUT2D eigenvalue weighted by Crippen LogP contribution is -2.09. The predicted molar refractivity (Wildman–Crippen MR) is 125 cm³/mol. The molecule has 1 heterocycles. The lowest BCUT2D eigenvalue weighted by molar-refractivity contribution is 0.0990. The van der Waals surface area contributed by atoms with E-state index in [-0.39, 0.29) is 24.4 Å². The molecule has 0 bridgehead atoms. The van der Waals surface area contributed by atoms with E-state index in [0.29, 0.717) is 16.9 Å². The van der Waals surface area contributed by atoms with Crippen LogP contribution in [-0.4, -0.2) is 23.7 Å². The highest BCUT2D eigenvalue weighted by Gasteiger charge is 2.17. The Bertz CT molecular complexity index is 1220. The van der Waals surface area contributed by atoms with Crippen molar-refractivity contribution in [2.24, 2.45) is 0 Å². The van der Waals surface area contributed by atoms with Crippen molar-refractivity contribution < 1.29 is 14.3 Å². The van der Waals surface area contributed by atoms with Gasteiger partial charge in [-0.15, -0.1) is 0 Å². The molecule has 0 unspecified atom stereocenters. The first-order valence-corrected chi connectivity index (χ1v) is 10.4. The van der Waals surface area contributed by atoms with E-state index < -0.39 is 0 Å². The summed E-state index contributed by atoms with van der Waals surface area (Å²) < 4.78 is 5.37. The molecule has 0 aliphatic heterocycles. The van der Waals surface area contributed by atoms with Crippen LogP contribution in [-0.2, 0) is 12.8 Å². The van der Waals surface area contributed by atoms with Crippen LogP contribution in [0.4, 0.5) is 0 Å². The van der Waals surface area contributed by atoms with E-state index in [1.54, 1.807) is 42.7 Å². The Morgan fingerprint density at radius 1 is 0.719 bits per heavy atom.